The van der Waals surface area contributed by atoms with Crippen LogP contribution in [0.3, 0.4) is 0 Å². The van der Waals surface area contributed by atoms with Crippen molar-refractivity contribution in [2.75, 3.05) is 13.1 Å². The molecular formula is C12H22IN5. The number of hydrogen-bond acceptors (Lipinski definition) is 2. The summed E-state index contributed by atoms with van der Waals surface area (Å²) < 4.78 is 1.83. The Morgan fingerprint density at radius 3 is 2.89 bits per heavy atom. The highest BCUT2D eigenvalue weighted by Gasteiger charge is 2.21. The summed E-state index contributed by atoms with van der Waals surface area (Å²) >= 11 is 0. The van der Waals surface area contributed by atoms with Crippen molar-refractivity contribution in [3.8, 4) is 0 Å². The SMILES string of the molecule is CCNC(=NCCc1cnn(C)c1)NC1CC1.I. The van der Waals surface area contributed by atoms with Crippen molar-refractivity contribution in [1.29, 1.82) is 0 Å². The minimum Gasteiger partial charge on any atom is -0.357 e. The molecule has 1 aromatic rings. The standard InChI is InChI=1S/C12H21N5.HI/c1-3-13-12(16-11-4-5-11)14-7-6-10-8-15-17(2)9-10;/h8-9,11H,3-7H2,1-2H3,(H2,13,14,16);1H. The first-order valence-electron chi connectivity index (χ1n) is 6.30. The van der Waals surface area contributed by atoms with E-state index in [1.807, 2.05) is 24.1 Å². The second kappa shape index (κ2) is 7.60. The molecule has 1 heterocycles. The van der Waals surface area contributed by atoms with Crippen molar-refractivity contribution in [1.82, 2.24) is 20.4 Å². The topological polar surface area (TPSA) is 54.2 Å². The van der Waals surface area contributed by atoms with Gasteiger partial charge in [-0.1, -0.05) is 0 Å². The van der Waals surface area contributed by atoms with E-state index in [0.717, 1.165) is 25.5 Å². The molecule has 1 aliphatic rings. The Morgan fingerprint density at radius 1 is 1.56 bits per heavy atom. The molecule has 2 N–H and O–H groups in total. The molecule has 0 bridgehead atoms. The van der Waals surface area contributed by atoms with Crippen LogP contribution in [-0.4, -0.2) is 34.9 Å². The molecule has 1 saturated carbocycles. The monoisotopic (exact) mass is 363 g/mol. The molecule has 102 valence electrons. The Morgan fingerprint density at radius 2 is 2.33 bits per heavy atom. The maximum atomic E-state index is 4.56. The minimum absolute atomic E-state index is 0. The molecule has 2 rings (SSSR count). The molecule has 0 radical (unpaired) electrons. The Bertz CT molecular complexity index is 384. The zero-order valence-electron chi connectivity index (χ0n) is 11.0. The number of nitrogens with one attached hydrogen (secondary N) is 2. The normalized spacial score (nSPS) is 15.1. The van der Waals surface area contributed by atoms with Crippen LogP contribution >= 0.6 is 24.0 Å². The van der Waals surface area contributed by atoms with Crippen LogP contribution in [0.1, 0.15) is 25.3 Å². The van der Waals surface area contributed by atoms with Gasteiger partial charge in [0, 0.05) is 32.4 Å². The number of nitrogens with zero attached hydrogens (tertiary/aromatic N) is 3. The van der Waals surface area contributed by atoms with Gasteiger partial charge in [0.25, 0.3) is 0 Å². The zero-order valence-corrected chi connectivity index (χ0v) is 13.3. The predicted molar refractivity (Wildman–Crippen MR) is 84.5 cm³/mol. The van der Waals surface area contributed by atoms with Crippen LogP contribution in [0.25, 0.3) is 0 Å². The molecule has 0 atom stereocenters. The minimum atomic E-state index is 0. The average Bonchev–Trinajstić information content (AvgIpc) is 3.01. The van der Waals surface area contributed by atoms with Gasteiger partial charge in [-0.2, -0.15) is 5.10 Å². The molecule has 5 nitrogen and oxygen atoms in total. The first kappa shape index (κ1) is 15.3. The Kier molecular flexibility index (Phi) is 6.45. The van der Waals surface area contributed by atoms with Crippen molar-refractivity contribution in [2.24, 2.45) is 12.0 Å². The lowest BCUT2D eigenvalue weighted by atomic mass is 10.3. The first-order chi connectivity index (χ1) is 8.28. The van der Waals surface area contributed by atoms with E-state index in [-0.39, 0.29) is 24.0 Å². The Labute approximate surface area is 125 Å². The van der Waals surface area contributed by atoms with Gasteiger partial charge in [-0.3, -0.25) is 9.67 Å². The van der Waals surface area contributed by atoms with E-state index in [4.69, 9.17) is 0 Å². The molecule has 0 aromatic carbocycles. The van der Waals surface area contributed by atoms with Crippen LogP contribution in [0.2, 0.25) is 0 Å². The van der Waals surface area contributed by atoms with E-state index in [1.165, 1.54) is 18.4 Å². The molecule has 1 fully saturated rings. The lowest BCUT2D eigenvalue weighted by Crippen LogP contribution is -2.38. The van der Waals surface area contributed by atoms with E-state index in [1.54, 1.807) is 0 Å². The number of rotatable bonds is 5. The third kappa shape index (κ3) is 5.24. The molecular weight excluding hydrogens is 341 g/mol. The number of aryl methyl sites for hydroxylation is 1. The zero-order chi connectivity index (χ0) is 12.1. The Balaban J connectivity index is 0.00000162. The van der Waals surface area contributed by atoms with Crippen LogP contribution in [0.4, 0.5) is 0 Å². The third-order valence-electron chi connectivity index (χ3n) is 2.69. The van der Waals surface area contributed by atoms with Gasteiger partial charge in [0.2, 0.25) is 0 Å². The number of guanidine groups is 1. The second-order valence-corrected chi connectivity index (χ2v) is 4.45. The Hall–Kier alpha value is -0.790. The number of hydrogen-bond donors (Lipinski definition) is 2. The van der Waals surface area contributed by atoms with Gasteiger partial charge in [-0.05, 0) is 31.7 Å². The van der Waals surface area contributed by atoms with Gasteiger partial charge in [0.15, 0.2) is 5.96 Å². The summed E-state index contributed by atoms with van der Waals surface area (Å²) in [6.45, 7) is 3.80. The summed E-state index contributed by atoms with van der Waals surface area (Å²) in [6.07, 6.45) is 7.42. The third-order valence-corrected chi connectivity index (χ3v) is 2.69. The molecule has 6 heteroatoms. The van der Waals surface area contributed by atoms with Crippen LogP contribution in [0.5, 0.6) is 0 Å². The van der Waals surface area contributed by atoms with Crippen molar-refractivity contribution < 1.29 is 0 Å². The van der Waals surface area contributed by atoms with Crippen molar-refractivity contribution >= 4 is 29.9 Å². The van der Waals surface area contributed by atoms with Crippen LogP contribution < -0.4 is 10.6 Å². The van der Waals surface area contributed by atoms with Crippen LogP contribution in [-0.2, 0) is 13.5 Å². The maximum absolute atomic E-state index is 4.56. The second-order valence-electron chi connectivity index (χ2n) is 4.45. The van der Waals surface area contributed by atoms with Gasteiger partial charge < -0.3 is 10.6 Å². The van der Waals surface area contributed by atoms with Gasteiger partial charge in [0.1, 0.15) is 0 Å². The van der Waals surface area contributed by atoms with Crippen molar-refractivity contribution in [3.63, 3.8) is 0 Å². The predicted octanol–water partition coefficient (Wildman–Crippen LogP) is 1.30. The van der Waals surface area contributed by atoms with Crippen LogP contribution in [0.15, 0.2) is 17.4 Å². The quantitative estimate of drug-likeness (QED) is 0.471. The lowest BCUT2D eigenvalue weighted by molar-refractivity contribution is 0.766. The van der Waals surface area contributed by atoms with E-state index in [0.29, 0.717) is 6.04 Å². The fraction of sp³-hybridized carbons (Fsp3) is 0.667. The molecule has 0 unspecified atom stereocenters. The van der Waals surface area contributed by atoms with E-state index in [2.05, 4.69) is 27.6 Å². The fourth-order valence-electron chi connectivity index (χ4n) is 1.64. The molecule has 0 spiro atoms. The van der Waals surface area contributed by atoms with Crippen molar-refractivity contribution in [3.05, 3.63) is 18.0 Å². The largest absolute Gasteiger partial charge is 0.357 e. The van der Waals surface area contributed by atoms with E-state index in [9.17, 15) is 0 Å². The summed E-state index contributed by atoms with van der Waals surface area (Å²) in [5.74, 6) is 0.943. The molecule has 1 aliphatic carbocycles. The number of aliphatic imine (C=N–C) groups is 1. The highest BCUT2D eigenvalue weighted by atomic mass is 127. The summed E-state index contributed by atoms with van der Waals surface area (Å²) in [4.78, 5) is 4.56. The van der Waals surface area contributed by atoms with Crippen molar-refractivity contribution in [2.45, 2.75) is 32.2 Å². The highest BCUT2D eigenvalue weighted by Crippen LogP contribution is 2.18. The van der Waals surface area contributed by atoms with Gasteiger partial charge in [-0.15, -0.1) is 24.0 Å². The fourth-order valence-corrected chi connectivity index (χ4v) is 1.64. The number of aromatic nitrogens is 2. The van der Waals surface area contributed by atoms with E-state index < -0.39 is 0 Å². The molecule has 0 amide bonds. The maximum Gasteiger partial charge on any atom is 0.191 e. The molecule has 1 aromatic heterocycles. The summed E-state index contributed by atoms with van der Waals surface area (Å²) in [5, 5.41) is 10.8. The smallest absolute Gasteiger partial charge is 0.191 e. The lowest BCUT2D eigenvalue weighted by Gasteiger charge is -2.09. The first-order valence-corrected chi connectivity index (χ1v) is 6.30. The van der Waals surface area contributed by atoms with Gasteiger partial charge in [0.05, 0.1) is 6.20 Å². The summed E-state index contributed by atoms with van der Waals surface area (Å²) in [7, 11) is 1.94. The molecule has 0 aliphatic heterocycles. The number of halogens is 1. The molecule has 18 heavy (non-hydrogen) atoms. The summed E-state index contributed by atoms with van der Waals surface area (Å²) in [5.41, 5.74) is 1.23. The summed E-state index contributed by atoms with van der Waals surface area (Å²) in [6, 6.07) is 0.645. The molecule has 0 saturated heterocycles. The van der Waals surface area contributed by atoms with E-state index >= 15 is 0 Å². The average molecular weight is 363 g/mol. The highest BCUT2D eigenvalue weighted by molar-refractivity contribution is 14.0. The van der Waals surface area contributed by atoms with Gasteiger partial charge >= 0.3 is 0 Å². The van der Waals surface area contributed by atoms with Crippen LogP contribution in [0, 0.1) is 0 Å². The van der Waals surface area contributed by atoms with Gasteiger partial charge in [-0.25, -0.2) is 0 Å².